The largest absolute Gasteiger partial charge is 0.494 e. The minimum Gasteiger partial charge on any atom is -0.494 e. The summed E-state index contributed by atoms with van der Waals surface area (Å²) in [5, 5.41) is 10.2. The van der Waals surface area contributed by atoms with Crippen molar-refractivity contribution in [2.75, 3.05) is 11.9 Å². The third kappa shape index (κ3) is 3.53. The van der Waals surface area contributed by atoms with Crippen LogP contribution in [-0.4, -0.2) is 27.5 Å². The van der Waals surface area contributed by atoms with Gasteiger partial charge >= 0.3 is 0 Å². The lowest BCUT2D eigenvalue weighted by Crippen LogP contribution is -2.15. The molecule has 0 saturated heterocycles. The molecule has 0 unspecified atom stereocenters. The molecule has 1 N–H and O–H groups in total. The van der Waals surface area contributed by atoms with E-state index in [-0.39, 0.29) is 11.4 Å². The summed E-state index contributed by atoms with van der Waals surface area (Å²) in [4.78, 5) is 12.3. The van der Waals surface area contributed by atoms with Gasteiger partial charge in [0.15, 0.2) is 5.69 Å². The van der Waals surface area contributed by atoms with E-state index in [0.29, 0.717) is 24.1 Å². The monoisotopic (exact) mass is 358 g/mol. The average molecular weight is 358 g/mol. The molecule has 26 heavy (non-hydrogen) atoms. The Kier molecular flexibility index (Phi) is 4.92. The molecular weight excluding hydrogens is 342 g/mol. The molecule has 6 nitrogen and oxygen atoms in total. The SMILES string of the molecule is CCOc1ccc(-n2nnc(C(=O)Nc3ccc(F)cc3F)c2C)cc1. The van der Waals surface area contributed by atoms with Gasteiger partial charge in [-0.3, -0.25) is 4.79 Å². The van der Waals surface area contributed by atoms with Crippen molar-refractivity contribution >= 4 is 11.6 Å². The van der Waals surface area contributed by atoms with Crippen LogP contribution in [0.2, 0.25) is 0 Å². The Balaban J connectivity index is 1.82. The number of nitrogens with one attached hydrogen (secondary N) is 1. The molecule has 3 aromatic rings. The standard InChI is InChI=1S/C18H16F2N4O2/c1-3-26-14-7-5-13(6-8-14)24-11(2)17(22-23-24)18(25)21-16-9-4-12(19)10-15(16)20/h4-10H,3H2,1-2H3,(H,21,25). The number of aromatic nitrogens is 3. The van der Waals surface area contributed by atoms with Crippen LogP contribution >= 0.6 is 0 Å². The molecule has 0 aliphatic heterocycles. The third-order valence-corrected chi connectivity index (χ3v) is 3.68. The number of halogens is 2. The van der Waals surface area contributed by atoms with E-state index in [1.165, 1.54) is 4.68 Å². The van der Waals surface area contributed by atoms with E-state index >= 15 is 0 Å². The summed E-state index contributed by atoms with van der Waals surface area (Å²) < 4.78 is 33.5. The smallest absolute Gasteiger partial charge is 0.278 e. The molecule has 1 heterocycles. The number of carbonyl (C=O) groups excluding carboxylic acids is 1. The number of hydrogen-bond acceptors (Lipinski definition) is 4. The molecule has 2 aromatic carbocycles. The van der Waals surface area contributed by atoms with Crippen molar-refractivity contribution in [3.8, 4) is 11.4 Å². The Morgan fingerprint density at radius 3 is 2.58 bits per heavy atom. The molecule has 8 heteroatoms. The fourth-order valence-electron chi connectivity index (χ4n) is 2.41. The maximum Gasteiger partial charge on any atom is 0.278 e. The summed E-state index contributed by atoms with van der Waals surface area (Å²) in [7, 11) is 0. The van der Waals surface area contributed by atoms with Gasteiger partial charge in [0.05, 0.1) is 23.7 Å². The Morgan fingerprint density at radius 2 is 1.92 bits per heavy atom. The van der Waals surface area contributed by atoms with Crippen molar-refractivity contribution in [3.63, 3.8) is 0 Å². The lowest BCUT2D eigenvalue weighted by molar-refractivity contribution is 0.102. The highest BCUT2D eigenvalue weighted by Gasteiger charge is 2.19. The van der Waals surface area contributed by atoms with Crippen molar-refractivity contribution < 1.29 is 18.3 Å². The highest BCUT2D eigenvalue weighted by Crippen LogP contribution is 2.19. The highest BCUT2D eigenvalue weighted by atomic mass is 19.1. The minimum atomic E-state index is -0.866. The first-order valence-electron chi connectivity index (χ1n) is 7.91. The predicted molar refractivity (Wildman–Crippen MR) is 91.6 cm³/mol. The van der Waals surface area contributed by atoms with Gasteiger partial charge in [0.25, 0.3) is 5.91 Å². The van der Waals surface area contributed by atoms with E-state index in [4.69, 9.17) is 4.74 Å². The van der Waals surface area contributed by atoms with Gasteiger partial charge in [0, 0.05) is 6.07 Å². The molecule has 0 atom stereocenters. The third-order valence-electron chi connectivity index (χ3n) is 3.68. The number of hydrogen-bond donors (Lipinski definition) is 1. The number of amides is 1. The molecular formula is C18H16F2N4O2. The van der Waals surface area contributed by atoms with E-state index in [0.717, 1.165) is 17.9 Å². The number of rotatable bonds is 5. The molecule has 0 aliphatic rings. The van der Waals surface area contributed by atoms with Gasteiger partial charge in [-0.1, -0.05) is 5.21 Å². The van der Waals surface area contributed by atoms with E-state index in [1.807, 2.05) is 6.92 Å². The van der Waals surface area contributed by atoms with Crippen LogP contribution in [0, 0.1) is 18.6 Å². The van der Waals surface area contributed by atoms with E-state index < -0.39 is 17.5 Å². The summed E-state index contributed by atoms with van der Waals surface area (Å²) >= 11 is 0. The van der Waals surface area contributed by atoms with E-state index in [2.05, 4.69) is 15.6 Å². The highest BCUT2D eigenvalue weighted by molar-refractivity contribution is 6.03. The number of nitrogens with zero attached hydrogens (tertiary/aromatic N) is 3. The van der Waals surface area contributed by atoms with Gasteiger partial charge in [-0.15, -0.1) is 5.10 Å². The first kappa shape index (κ1) is 17.5. The van der Waals surface area contributed by atoms with Crippen molar-refractivity contribution in [2.45, 2.75) is 13.8 Å². The summed E-state index contributed by atoms with van der Waals surface area (Å²) in [5.41, 5.74) is 1.09. The Labute approximate surface area is 148 Å². The van der Waals surface area contributed by atoms with Gasteiger partial charge < -0.3 is 10.1 Å². The normalized spacial score (nSPS) is 10.6. The predicted octanol–water partition coefficient (Wildman–Crippen LogP) is 3.50. The topological polar surface area (TPSA) is 69.0 Å². The molecule has 134 valence electrons. The fraction of sp³-hybridized carbons (Fsp3) is 0.167. The van der Waals surface area contributed by atoms with Gasteiger partial charge in [-0.2, -0.15) is 0 Å². The summed E-state index contributed by atoms with van der Waals surface area (Å²) in [6.07, 6.45) is 0. The lowest BCUT2D eigenvalue weighted by Gasteiger charge is -2.07. The quantitative estimate of drug-likeness (QED) is 0.758. The van der Waals surface area contributed by atoms with Crippen LogP contribution in [0.3, 0.4) is 0 Å². The van der Waals surface area contributed by atoms with Crippen LogP contribution < -0.4 is 10.1 Å². The van der Waals surface area contributed by atoms with Crippen molar-refractivity contribution in [1.29, 1.82) is 0 Å². The molecule has 0 radical (unpaired) electrons. The summed E-state index contributed by atoms with van der Waals surface area (Å²) in [6, 6.07) is 10.0. The number of carbonyl (C=O) groups is 1. The number of benzene rings is 2. The van der Waals surface area contributed by atoms with Gasteiger partial charge in [-0.25, -0.2) is 13.5 Å². The maximum atomic E-state index is 13.7. The van der Waals surface area contributed by atoms with Crippen molar-refractivity contribution in [1.82, 2.24) is 15.0 Å². The molecule has 0 aliphatic carbocycles. The Hall–Kier alpha value is -3.29. The molecule has 0 bridgehead atoms. The van der Waals surface area contributed by atoms with Crippen molar-refractivity contribution in [2.24, 2.45) is 0 Å². The Bertz CT molecular complexity index is 939. The van der Waals surface area contributed by atoms with Crippen LogP contribution in [0.15, 0.2) is 42.5 Å². The second-order valence-corrected chi connectivity index (χ2v) is 5.44. The molecule has 1 amide bonds. The molecule has 0 saturated carbocycles. The van der Waals surface area contributed by atoms with Crippen LogP contribution in [0.1, 0.15) is 23.1 Å². The first-order chi connectivity index (χ1) is 12.5. The van der Waals surface area contributed by atoms with Crippen LogP contribution in [0.4, 0.5) is 14.5 Å². The maximum absolute atomic E-state index is 13.7. The van der Waals surface area contributed by atoms with E-state index in [9.17, 15) is 13.6 Å². The van der Waals surface area contributed by atoms with Crippen LogP contribution in [0.25, 0.3) is 5.69 Å². The zero-order valence-electron chi connectivity index (χ0n) is 14.2. The van der Waals surface area contributed by atoms with Crippen molar-refractivity contribution in [3.05, 3.63) is 65.5 Å². The lowest BCUT2D eigenvalue weighted by atomic mass is 10.2. The molecule has 0 fully saturated rings. The minimum absolute atomic E-state index is 0.0441. The van der Waals surface area contributed by atoms with E-state index in [1.54, 1.807) is 31.2 Å². The summed E-state index contributed by atoms with van der Waals surface area (Å²) in [6.45, 7) is 4.13. The number of ether oxygens (including phenoxy) is 1. The van der Waals surface area contributed by atoms with Gasteiger partial charge in [0.1, 0.15) is 17.4 Å². The Morgan fingerprint density at radius 1 is 1.19 bits per heavy atom. The van der Waals surface area contributed by atoms with Gasteiger partial charge in [0.2, 0.25) is 0 Å². The summed E-state index contributed by atoms with van der Waals surface area (Å²) in [5.74, 6) is -1.50. The fourth-order valence-corrected chi connectivity index (χ4v) is 2.41. The average Bonchev–Trinajstić information content (AvgIpc) is 3.00. The second kappa shape index (κ2) is 7.30. The van der Waals surface area contributed by atoms with Crippen LogP contribution in [-0.2, 0) is 0 Å². The number of anilines is 1. The van der Waals surface area contributed by atoms with Crippen LogP contribution in [0.5, 0.6) is 5.75 Å². The molecule has 1 aromatic heterocycles. The second-order valence-electron chi connectivity index (χ2n) is 5.44. The van der Waals surface area contributed by atoms with Gasteiger partial charge in [-0.05, 0) is 50.2 Å². The molecule has 0 spiro atoms. The first-order valence-corrected chi connectivity index (χ1v) is 7.91. The zero-order chi connectivity index (χ0) is 18.7. The molecule has 3 rings (SSSR count). The zero-order valence-corrected chi connectivity index (χ0v) is 14.2.